The van der Waals surface area contributed by atoms with E-state index in [9.17, 15) is 0 Å². The standard InChI is InChI=1S/C12H13ClN2O2/c13-9-1-2-11-10(5-9)14-12(17-11)15-4-3-8(6-15)7-16/h1-2,5,8,16H,3-4,6-7H2. The van der Waals surface area contributed by atoms with Crippen molar-refractivity contribution in [2.24, 2.45) is 5.92 Å². The zero-order valence-corrected chi connectivity index (χ0v) is 10.0. The van der Waals surface area contributed by atoms with E-state index in [1.165, 1.54) is 0 Å². The molecule has 1 N–H and O–H groups in total. The summed E-state index contributed by atoms with van der Waals surface area (Å²) in [5, 5.41) is 9.77. The Labute approximate surface area is 104 Å². The van der Waals surface area contributed by atoms with Crippen LogP contribution in [0.1, 0.15) is 6.42 Å². The molecule has 90 valence electrons. The lowest BCUT2D eigenvalue weighted by Crippen LogP contribution is -2.20. The molecule has 5 heteroatoms. The third kappa shape index (κ3) is 1.98. The van der Waals surface area contributed by atoms with Crippen molar-refractivity contribution in [1.82, 2.24) is 4.98 Å². The summed E-state index contributed by atoms with van der Waals surface area (Å²) in [5.41, 5.74) is 1.52. The van der Waals surface area contributed by atoms with E-state index in [1.807, 2.05) is 6.07 Å². The molecule has 1 aromatic heterocycles. The Morgan fingerprint density at radius 3 is 3.18 bits per heavy atom. The number of hydrogen-bond donors (Lipinski definition) is 1. The highest BCUT2D eigenvalue weighted by molar-refractivity contribution is 6.31. The molecule has 0 aliphatic carbocycles. The monoisotopic (exact) mass is 252 g/mol. The summed E-state index contributed by atoms with van der Waals surface area (Å²) in [6.07, 6.45) is 0.982. The van der Waals surface area contributed by atoms with Gasteiger partial charge in [0.2, 0.25) is 0 Å². The van der Waals surface area contributed by atoms with E-state index >= 15 is 0 Å². The van der Waals surface area contributed by atoms with Gasteiger partial charge in [0.25, 0.3) is 6.01 Å². The van der Waals surface area contributed by atoms with Gasteiger partial charge in [-0.3, -0.25) is 0 Å². The highest BCUT2D eigenvalue weighted by Crippen LogP contribution is 2.28. The van der Waals surface area contributed by atoms with Crippen LogP contribution in [-0.4, -0.2) is 29.8 Å². The van der Waals surface area contributed by atoms with Crippen LogP contribution < -0.4 is 4.90 Å². The molecular formula is C12H13ClN2O2. The maximum Gasteiger partial charge on any atom is 0.298 e. The number of anilines is 1. The average molecular weight is 253 g/mol. The largest absolute Gasteiger partial charge is 0.423 e. The maximum atomic E-state index is 9.11. The van der Waals surface area contributed by atoms with Crippen molar-refractivity contribution in [2.45, 2.75) is 6.42 Å². The van der Waals surface area contributed by atoms with Gasteiger partial charge >= 0.3 is 0 Å². The first-order chi connectivity index (χ1) is 8.26. The van der Waals surface area contributed by atoms with Gasteiger partial charge in [-0.1, -0.05) is 11.6 Å². The molecule has 0 amide bonds. The van der Waals surface area contributed by atoms with E-state index < -0.39 is 0 Å². The van der Waals surface area contributed by atoms with Crippen LogP contribution in [0.25, 0.3) is 11.1 Å². The number of rotatable bonds is 2. The second-order valence-electron chi connectivity index (χ2n) is 4.39. The summed E-state index contributed by atoms with van der Waals surface area (Å²) in [4.78, 5) is 6.48. The Morgan fingerprint density at radius 1 is 1.53 bits per heavy atom. The van der Waals surface area contributed by atoms with Crippen molar-refractivity contribution in [1.29, 1.82) is 0 Å². The summed E-state index contributed by atoms with van der Waals surface area (Å²) in [7, 11) is 0. The second-order valence-corrected chi connectivity index (χ2v) is 4.83. The number of aliphatic hydroxyl groups is 1. The molecule has 4 nitrogen and oxygen atoms in total. The highest BCUT2D eigenvalue weighted by atomic mass is 35.5. The molecule has 1 atom stereocenters. The van der Waals surface area contributed by atoms with Crippen molar-refractivity contribution >= 4 is 28.7 Å². The molecule has 0 saturated carbocycles. The summed E-state index contributed by atoms with van der Waals surface area (Å²) in [6, 6.07) is 6.04. The summed E-state index contributed by atoms with van der Waals surface area (Å²) < 4.78 is 5.67. The van der Waals surface area contributed by atoms with E-state index in [4.69, 9.17) is 21.1 Å². The number of halogens is 1. The van der Waals surface area contributed by atoms with Gasteiger partial charge in [-0.25, -0.2) is 0 Å². The lowest BCUT2D eigenvalue weighted by molar-refractivity contribution is 0.238. The topological polar surface area (TPSA) is 49.5 Å². The Morgan fingerprint density at radius 2 is 2.41 bits per heavy atom. The number of aromatic nitrogens is 1. The number of oxazole rings is 1. The number of aliphatic hydroxyl groups excluding tert-OH is 1. The summed E-state index contributed by atoms with van der Waals surface area (Å²) in [5.74, 6) is 0.327. The molecule has 1 aromatic carbocycles. The van der Waals surface area contributed by atoms with Crippen LogP contribution >= 0.6 is 11.6 Å². The normalized spacial score (nSPS) is 20.4. The minimum atomic E-state index is 0.225. The van der Waals surface area contributed by atoms with Crippen molar-refractivity contribution in [3.05, 3.63) is 23.2 Å². The van der Waals surface area contributed by atoms with Gasteiger partial charge in [0, 0.05) is 30.6 Å². The molecule has 2 aromatic rings. The third-order valence-electron chi connectivity index (χ3n) is 3.15. The van der Waals surface area contributed by atoms with E-state index in [1.54, 1.807) is 12.1 Å². The van der Waals surface area contributed by atoms with Crippen LogP contribution in [0.5, 0.6) is 0 Å². The molecule has 0 radical (unpaired) electrons. The SMILES string of the molecule is OCC1CCN(c2nc3cc(Cl)ccc3o2)C1. The van der Waals surface area contributed by atoms with E-state index in [2.05, 4.69) is 9.88 Å². The molecule has 17 heavy (non-hydrogen) atoms. The van der Waals surface area contributed by atoms with E-state index in [-0.39, 0.29) is 6.61 Å². The van der Waals surface area contributed by atoms with Crippen LogP contribution in [0.15, 0.2) is 22.6 Å². The maximum absolute atomic E-state index is 9.11. The zero-order chi connectivity index (χ0) is 11.8. The van der Waals surface area contributed by atoms with Gasteiger partial charge in [0.1, 0.15) is 5.52 Å². The fourth-order valence-electron chi connectivity index (χ4n) is 2.18. The Bertz CT molecular complexity index is 540. The van der Waals surface area contributed by atoms with Crippen LogP contribution in [0, 0.1) is 5.92 Å². The molecular weight excluding hydrogens is 240 g/mol. The average Bonchev–Trinajstić information content (AvgIpc) is 2.93. The molecule has 3 rings (SSSR count). The van der Waals surface area contributed by atoms with Gasteiger partial charge in [0.05, 0.1) is 0 Å². The Balaban J connectivity index is 1.91. The van der Waals surface area contributed by atoms with Crippen molar-refractivity contribution in [3.8, 4) is 0 Å². The molecule has 1 aliphatic rings. The quantitative estimate of drug-likeness (QED) is 0.891. The van der Waals surface area contributed by atoms with Crippen LogP contribution in [0.4, 0.5) is 6.01 Å². The van der Waals surface area contributed by atoms with Crippen molar-refractivity contribution < 1.29 is 9.52 Å². The number of fused-ring (bicyclic) bond motifs is 1. The minimum Gasteiger partial charge on any atom is -0.423 e. The zero-order valence-electron chi connectivity index (χ0n) is 9.27. The Hall–Kier alpha value is -1.26. The number of benzene rings is 1. The van der Waals surface area contributed by atoms with Crippen LogP contribution in [0.2, 0.25) is 5.02 Å². The van der Waals surface area contributed by atoms with E-state index in [0.717, 1.165) is 30.6 Å². The van der Waals surface area contributed by atoms with Crippen LogP contribution in [-0.2, 0) is 0 Å². The molecule has 2 heterocycles. The fraction of sp³-hybridized carbons (Fsp3) is 0.417. The molecule has 1 saturated heterocycles. The lowest BCUT2D eigenvalue weighted by Gasteiger charge is -2.12. The molecule has 1 fully saturated rings. The van der Waals surface area contributed by atoms with Crippen LogP contribution in [0.3, 0.4) is 0 Å². The van der Waals surface area contributed by atoms with E-state index in [0.29, 0.717) is 17.0 Å². The predicted octanol–water partition coefficient (Wildman–Crippen LogP) is 2.30. The van der Waals surface area contributed by atoms with Gasteiger partial charge in [0.15, 0.2) is 5.58 Å². The van der Waals surface area contributed by atoms with Crippen molar-refractivity contribution in [2.75, 3.05) is 24.6 Å². The van der Waals surface area contributed by atoms with Gasteiger partial charge in [-0.2, -0.15) is 4.98 Å². The van der Waals surface area contributed by atoms with Crippen molar-refractivity contribution in [3.63, 3.8) is 0 Å². The summed E-state index contributed by atoms with van der Waals surface area (Å²) >= 11 is 5.90. The molecule has 1 unspecified atom stereocenters. The molecule has 1 aliphatic heterocycles. The molecule has 0 bridgehead atoms. The predicted molar refractivity (Wildman–Crippen MR) is 66.4 cm³/mol. The highest BCUT2D eigenvalue weighted by Gasteiger charge is 2.25. The fourth-order valence-corrected chi connectivity index (χ4v) is 2.35. The van der Waals surface area contributed by atoms with Gasteiger partial charge in [-0.05, 0) is 24.6 Å². The molecule has 0 spiro atoms. The summed E-state index contributed by atoms with van der Waals surface area (Å²) in [6.45, 7) is 1.91. The smallest absolute Gasteiger partial charge is 0.298 e. The number of nitrogens with zero attached hydrogens (tertiary/aromatic N) is 2. The van der Waals surface area contributed by atoms with Gasteiger partial charge < -0.3 is 14.4 Å². The minimum absolute atomic E-state index is 0.225. The second kappa shape index (κ2) is 4.20. The third-order valence-corrected chi connectivity index (χ3v) is 3.39. The number of hydrogen-bond acceptors (Lipinski definition) is 4. The first-order valence-electron chi connectivity index (χ1n) is 5.68. The first kappa shape index (κ1) is 10.9. The first-order valence-corrected chi connectivity index (χ1v) is 6.06. The lowest BCUT2D eigenvalue weighted by atomic mass is 10.1. The van der Waals surface area contributed by atoms with Gasteiger partial charge in [-0.15, -0.1) is 0 Å². The Kier molecular flexibility index (Phi) is 2.68.